The lowest BCUT2D eigenvalue weighted by Gasteiger charge is -2.28. The number of carbonyl (C=O) groups excluding carboxylic acids is 2. The number of aromatic amines is 1. The number of ketones is 1. The Balaban J connectivity index is 1.70. The highest BCUT2D eigenvalue weighted by Crippen LogP contribution is 2.41. The van der Waals surface area contributed by atoms with Crippen molar-refractivity contribution in [2.75, 3.05) is 20.8 Å². The molecule has 0 bridgehead atoms. The zero-order valence-electron chi connectivity index (χ0n) is 18.4. The first-order valence-electron chi connectivity index (χ1n) is 10.5. The normalized spacial score (nSPS) is 20.2. The van der Waals surface area contributed by atoms with Crippen LogP contribution in [0.4, 0.5) is 0 Å². The van der Waals surface area contributed by atoms with Crippen LogP contribution in [0.25, 0.3) is 0 Å². The number of ether oxygens (including phenoxy) is 2. The third-order valence-corrected chi connectivity index (χ3v) is 6.42. The number of hydrogen-bond donors (Lipinski definition) is 1. The Morgan fingerprint density at radius 3 is 2.67 bits per heavy atom. The lowest BCUT2D eigenvalue weighted by molar-refractivity contribution is 0.0727. The van der Waals surface area contributed by atoms with E-state index in [1.54, 1.807) is 14.2 Å². The summed E-state index contributed by atoms with van der Waals surface area (Å²) in [4.78, 5) is 31.6. The molecule has 2 heterocycles. The van der Waals surface area contributed by atoms with Crippen LogP contribution in [-0.2, 0) is 6.42 Å². The number of carbonyl (C=O) groups is 2. The Morgan fingerprint density at radius 1 is 1.20 bits per heavy atom. The van der Waals surface area contributed by atoms with Gasteiger partial charge in [-0.15, -0.1) is 0 Å². The van der Waals surface area contributed by atoms with E-state index >= 15 is 0 Å². The van der Waals surface area contributed by atoms with E-state index in [2.05, 4.69) is 18.8 Å². The highest BCUT2D eigenvalue weighted by molar-refractivity contribution is 6.04. The van der Waals surface area contributed by atoms with Crippen LogP contribution in [0.3, 0.4) is 0 Å². The Kier molecular flexibility index (Phi) is 5.12. The average Bonchev–Trinajstić information content (AvgIpc) is 3.30. The van der Waals surface area contributed by atoms with Crippen molar-refractivity contribution in [1.82, 2.24) is 9.88 Å². The largest absolute Gasteiger partial charge is 0.497 e. The molecule has 0 radical (unpaired) electrons. The molecule has 0 spiro atoms. The van der Waals surface area contributed by atoms with E-state index in [-0.39, 0.29) is 23.1 Å². The number of amides is 1. The maximum Gasteiger partial charge on any atom is 0.271 e. The highest BCUT2D eigenvalue weighted by atomic mass is 16.5. The fourth-order valence-electron chi connectivity index (χ4n) is 5.02. The SMILES string of the molecule is COc1ccc(OC)c([C@@H]2CCCN2C(=O)c2[nH]c3c(c2C)C(=O)CC(C)(C)C3)c1. The summed E-state index contributed by atoms with van der Waals surface area (Å²) in [6, 6.07) is 5.61. The zero-order chi connectivity index (χ0) is 21.6. The first kappa shape index (κ1) is 20.5. The third kappa shape index (κ3) is 3.38. The Morgan fingerprint density at radius 2 is 1.97 bits per heavy atom. The monoisotopic (exact) mass is 410 g/mol. The summed E-state index contributed by atoms with van der Waals surface area (Å²) < 4.78 is 11.0. The maximum absolute atomic E-state index is 13.6. The summed E-state index contributed by atoms with van der Waals surface area (Å²) in [7, 11) is 3.28. The van der Waals surface area contributed by atoms with Crippen LogP contribution in [0.2, 0.25) is 0 Å². The van der Waals surface area contributed by atoms with Gasteiger partial charge in [0.1, 0.15) is 17.2 Å². The fourth-order valence-corrected chi connectivity index (χ4v) is 5.02. The lowest BCUT2D eigenvalue weighted by Crippen LogP contribution is -2.31. The Bertz CT molecular complexity index is 1000. The zero-order valence-corrected chi connectivity index (χ0v) is 18.4. The number of H-pyrrole nitrogens is 1. The van der Waals surface area contributed by atoms with Crippen molar-refractivity contribution in [3.05, 3.63) is 46.3 Å². The molecular weight excluding hydrogens is 380 g/mol. The van der Waals surface area contributed by atoms with Crippen molar-refractivity contribution >= 4 is 11.7 Å². The van der Waals surface area contributed by atoms with E-state index in [1.807, 2.05) is 30.0 Å². The minimum Gasteiger partial charge on any atom is -0.497 e. The van der Waals surface area contributed by atoms with Gasteiger partial charge in [0.15, 0.2) is 5.78 Å². The summed E-state index contributed by atoms with van der Waals surface area (Å²) in [5, 5.41) is 0. The molecule has 0 unspecified atom stereocenters. The molecule has 4 rings (SSSR count). The van der Waals surface area contributed by atoms with Crippen molar-refractivity contribution in [2.24, 2.45) is 5.41 Å². The van der Waals surface area contributed by atoms with E-state index in [9.17, 15) is 9.59 Å². The predicted molar refractivity (Wildman–Crippen MR) is 115 cm³/mol. The number of Topliss-reactive ketones (excluding diaryl/α,β-unsaturated/α-hetero) is 1. The summed E-state index contributed by atoms with van der Waals surface area (Å²) >= 11 is 0. The quantitative estimate of drug-likeness (QED) is 0.807. The molecule has 1 aromatic carbocycles. The second kappa shape index (κ2) is 7.49. The third-order valence-electron chi connectivity index (χ3n) is 6.42. The molecule has 2 aliphatic rings. The molecule has 1 fully saturated rings. The van der Waals surface area contributed by atoms with Crippen molar-refractivity contribution in [2.45, 2.75) is 52.5 Å². The van der Waals surface area contributed by atoms with Gasteiger partial charge in [-0.1, -0.05) is 13.8 Å². The number of rotatable bonds is 4. The maximum atomic E-state index is 13.6. The molecule has 1 amide bonds. The topological polar surface area (TPSA) is 71.6 Å². The van der Waals surface area contributed by atoms with Crippen molar-refractivity contribution in [1.29, 1.82) is 0 Å². The molecule has 1 aliphatic heterocycles. The van der Waals surface area contributed by atoms with Gasteiger partial charge in [0.2, 0.25) is 0 Å². The fraction of sp³-hybridized carbons (Fsp3) is 0.500. The number of nitrogens with zero attached hydrogens (tertiary/aromatic N) is 1. The molecule has 1 N–H and O–H groups in total. The van der Waals surface area contributed by atoms with Gasteiger partial charge in [-0.2, -0.15) is 0 Å². The van der Waals surface area contributed by atoms with Crippen LogP contribution in [0.5, 0.6) is 11.5 Å². The summed E-state index contributed by atoms with van der Waals surface area (Å²) in [6.45, 7) is 6.75. The summed E-state index contributed by atoms with van der Waals surface area (Å²) in [5.74, 6) is 1.56. The van der Waals surface area contributed by atoms with Crippen LogP contribution in [0.1, 0.15) is 76.8 Å². The first-order chi connectivity index (χ1) is 14.3. The van der Waals surface area contributed by atoms with Gasteiger partial charge >= 0.3 is 0 Å². The van der Waals surface area contributed by atoms with Gasteiger partial charge in [-0.3, -0.25) is 9.59 Å². The molecule has 2 aromatic rings. The summed E-state index contributed by atoms with van der Waals surface area (Å²) in [6.07, 6.45) is 3.07. The van der Waals surface area contributed by atoms with E-state index < -0.39 is 0 Å². The number of methoxy groups -OCH3 is 2. The number of benzene rings is 1. The van der Waals surface area contributed by atoms with Crippen molar-refractivity contribution in [3.8, 4) is 11.5 Å². The smallest absolute Gasteiger partial charge is 0.271 e. The number of nitrogens with one attached hydrogen (secondary N) is 1. The highest BCUT2D eigenvalue weighted by Gasteiger charge is 2.38. The minimum absolute atomic E-state index is 0.0557. The molecule has 1 saturated heterocycles. The molecule has 1 atom stereocenters. The molecule has 1 aromatic heterocycles. The molecule has 6 heteroatoms. The number of hydrogen-bond acceptors (Lipinski definition) is 4. The lowest BCUT2D eigenvalue weighted by atomic mass is 9.75. The van der Waals surface area contributed by atoms with Gasteiger partial charge in [-0.25, -0.2) is 0 Å². The van der Waals surface area contributed by atoms with Crippen LogP contribution in [-0.4, -0.2) is 42.3 Å². The Labute approximate surface area is 177 Å². The van der Waals surface area contributed by atoms with E-state index in [0.717, 1.165) is 47.6 Å². The van der Waals surface area contributed by atoms with Crippen LogP contribution < -0.4 is 9.47 Å². The van der Waals surface area contributed by atoms with Gasteiger partial charge in [0.05, 0.1) is 20.3 Å². The average molecular weight is 411 g/mol. The standard InChI is InChI=1S/C24H30N2O4/c1-14-21-17(12-24(2,3)13-19(21)27)25-22(14)23(28)26-10-6-7-18(26)16-11-15(29-4)8-9-20(16)30-5/h8-9,11,18,25H,6-7,10,12-13H2,1-5H3/t18-/m0/s1. The number of likely N-dealkylation sites (tertiary alicyclic amines) is 1. The van der Waals surface area contributed by atoms with Gasteiger partial charge in [0.25, 0.3) is 5.91 Å². The minimum atomic E-state index is -0.0914. The van der Waals surface area contributed by atoms with Crippen LogP contribution >= 0.6 is 0 Å². The first-order valence-corrected chi connectivity index (χ1v) is 10.5. The molecule has 160 valence electrons. The molecule has 6 nitrogen and oxygen atoms in total. The second-order valence-corrected chi connectivity index (χ2v) is 9.18. The molecule has 30 heavy (non-hydrogen) atoms. The molecule has 1 aliphatic carbocycles. The van der Waals surface area contributed by atoms with Crippen LogP contribution in [0.15, 0.2) is 18.2 Å². The van der Waals surface area contributed by atoms with Crippen LogP contribution in [0, 0.1) is 12.3 Å². The van der Waals surface area contributed by atoms with E-state index in [4.69, 9.17) is 9.47 Å². The second-order valence-electron chi connectivity index (χ2n) is 9.18. The molecule has 0 saturated carbocycles. The van der Waals surface area contributed by atoms with E-state index in [1.165, 1.54) is 0 Å². The van der Waals surface area contributed by atoms with Gasteiger partial charge in [0, 0.05) is 29.8 Å². The molecular formula is C24H30N2O4. The van der Waals surface area contributed by atoms with Gasteiger partial charge < -0.3 is 19.4 Å². The summed E-state index contributed by atoms with van der Waals surface area (Å²) in [5.41, 5.74) is 3.79. The van der Waals surface area contributed by atoms with Crippen molar-refractivity contribution in [3.63, 3.8) is 0 Å². The van der Waals surface area contributed by atoms with Gasteiger partial charge in [-0.05, 0) is 55.4 Å². The van der Waals surface area contributed by atoms with E-state index in [0.29, 0.717) is 24.2 Å². The van der Waals surface area contributed by atoms with Crippen molar-refractivity contribution < 1.29 is 19.1 Å². The number of aromatic nitrogens is 1. The number of fused-ring (bicyclic) bond motifs is 1. The predicted octanol–water partition coefficient (Wildman–Crippen LogP) is 4.47. The Hall–Kier alpha value is -2.76.